The van der Waals surface area contributed by atoms with Crippen LogP contribution in [-0.2, 0) is 13.2 Å². The summed E-state index contributed by atoms with van der Waals surface area (Å²) in [6, 6.07) is 11.5. The molecule has 142 valence electrons. The van der Waals surface area contributed by atoms with E-state index in [0.717, 1.165) is 48.0 Å². The normalized spacial score (nSPS) is 10.8. The van der Waals surface area contributed by atoms with Crippen molar-refractivity contribution in [1.29, 1.82) is 0 Å². The maximum absolute atomic E-state index is 8.79. The Labute approximate surface area is 168 Å². The quantitative estimate of drug-likeness (QED) is 0.484. The summed E-state index contributed by atoms with van der Waals surface area (Å²) < 4.78 is 12.4. The lowest BCUT2D eigenvalue weighted by Gasteiger charge is -2.14. The predicted octanol–water partition coefficient (Wildman–Crippen LogP) is 4.94. The third kappa shape index (κ3) is 6.80. The zero-order chi connectivity index (χ0) is 18.8. The molecule has 0 aliphatic carbocycles. The zero-order valence-corrected chi connectivity index (χ0v) is 17.3. The lowest BCUT2D eigenvalue weighted by atomic mass is 10.2. The van der Waals surface area contributed by atoms with Crippen molar-refractivity contribution in [2.75, 3.05) is 20.3 Å². The van der Waals surface area contributed by atoms with Crippen LogP contribution >= 0.6 is 27.5 Å². The Morgan fingerprint density at radius 3 is 2.54 bits per heavy atom. The average molecular weight is 443 g/mol. The molecule has 0 saturated carbocycles. The van der Waals surface area contributed by atoms with E-state index in [9.17, 15) is 0 Å². The van der Waals surface area contributed by atoms with Crippen LogP contribution in [0.15, 0.2) is 40.9 Å². The maximum atomic E-state index is 8.79. The van der Waals surface area contributed by atoms with E-state index in [2.05, 4.69) is 21.2 Å². The number of aliphatic hydroxyl groups is 1. The van der Waals surface area contributed by atoms with Gasteiger partial charge < -0.3 is 19.9 Å². The van der Waals surface area contributed by atoms with Crippen LogP contribution in [0.1, 0.15) is 30.4 Å². The summed E-state index contributed by atoms with van der Waals surface area (Å²) in [5.41, 5.74) is 2.16. The Bertz CT molecular complexity index is 680. The molecule has 0 radical (unpaired) electrons. The number of aliphatic hydroxyl groups excluding tert-OH is 1. The molecule has 0 atom stereocenters. The number of hydrogen-bond acceptors (Lipinski definition) is 4. The molecule has 0 aliphatic heterocycles. The first kappa shape index (κ1) is 21.0. The molecule has 2 aromatic rings. The standard InChI is InChI=1S/C20H25BrClNO3/c1-25-19-11-16(13-23-9-3-2-4-10-24)18(21)12-20(19)26-14-15-5-7-17(22)8-6-15/h5-8,11-12,23-24H,2-4,9-10,13-14H2,1H3. The first-order valence-corrected chi connectivity index (χ1v) is 9.86. The molecule has 26 heavy (non-hydrogen) atoms. The summed E-state index contributed by atoms with van der Waals surface area (Å²) in [5.74, 6) is 1.40. The summed E-state index contributed by atoms with van der Waals surface area (Å²) in [6.45, 7) is 2.37. The first-order chi connectivity index (χ1) is 12.6. The second kappa shape index (κ2) is 11.4. The molecule has 2 rings (SSSR count). The second-order valence-corrected chi connectivity index (χ2v) is 7.26. The molecule has 0 heterocycles. The Morgan fingerprint density at radius 2 is 1.85 bits per heavy atom. The number of unbranched alkanes of at least 4 members (excludes halogenated alkanes) is 2. The minimum atomic E-state index is 0.264. The molecule has 0 saturated heterocycles. The lowest BCUT2D eigenvalue weighted by molar-refractivity contribution is 0.282. The molecule has 0 unspecified atom stereocenters. The minimum absolute atomic E-state index is 0.264. The highest BCUT2D eigenvalue weighted by atomic mass is 79.9. The molecular formula is C20H25BrClNO3. The van der Waals surface area contributed by atoms with Gasteiger partial charge in [0.2, 0.25) is 0 Å². The lowest BCUT2D eigenvalue weighted by Crippen LogP contribution is -2.15. The minimum Gasteiger partial charge on any atom is -0.493 e. The summed E-state index contributed by atoms with van der Waals surface area (Å²) in [5, 5.41) is 12.9. The fourth-order valence-corrected chi connectivity index (χ4v) is 3.08. The average Bonchev–Trinajstić information content (AvgIpc) is 2.65. The molecule has 2 aromatic carbocycles. The molecule has 4 nitrogen and oxygen atoms in total. The van der Waals surface area contributed by atoms with Crippen LogP contribution < -0.4 is 14.8 Å². The number of benzene rings is 2. The van der Waals surface area contributed by atoms with E-state index in [1.807, 2.05) is 36.4 Å². The Hall–Kier alpha value is -1.27. The Kier molecular flexibility index (Phi) is 9.26. The third-order valence-electron chi connectivity index (χ3n) is 3.97. The van der Waals surface area contributed by atoms with Crippen LogP contribution in [0.3, 0.4) is 0 Å². The van der Waals surface area contributed by atoms with E-state index < -0.39 is 0 Å². The first-order valence-electron chi connectivity index (χ1n) is 8.69. The van der Waals surface area contributed by atoms with E-state index in [1.165, 1.54) is 0 Å². The van der Waals surface area contributed by atoms with Gasteiger partial charge in [-0.2, -0.15) is 0 Å². The van der Waals surface area contributed by atoms with Gasteiger partial charge in [-0.3, -0.25) is 0 Å². The summed E-state index contributed by atoms with van der Waals surface area (Å²) in [6.07, 6.45) is 2.95. The molecule has 0 amide bonds. The van der Waals surface area contributed by atoms with Crippen LogP contribution in [-0.4, -0.2) is 25.4 Å². The van der Waals surface area contributed by atoms with E-state index in [-0.39, 0.29) is 6.61 Å². The van der Waals surface area contributed by atoms with Gasteiger partial charge in [0.15, 0.2) is 11.5 Å². The third-order valence-corrected chi connectivity index (χ3v) is 4.96. The van der Waals surface area contributed by atoms with Crippen LogP contribution in [0, 0.1) is 0 Å². The molecule has 2 N–H and O–H groups in total. The van der Waals surface area contributed by atoms with Crippen molar-refractivity contribution in [2.24, 2.45) is 0 Å². The summed E-state index contributed by atoms with van der Waals surface area (Å²) in [7, 11) is 1.64. The molecule has 0 aromatic heterocycles. The molecule has 6 heteroatoms. The van der Waals surface area contributed by atoms with Crippen LogP contribution in [0.5, 0.6) is 11.5 Å². The Morgan fingerprint density at radius 1 is 1.08 bits per heavy atom. The zero-order valence-electron chi connectivity index (χ0n) is 14.9. The molecule has 0 bridgehead atoms. The fraction of sp³-hybridized carbons (Fsp3) is 0.400. The van der Waals surface area contributed by atoms with Crippen molar-refractivity contribution in [3.63, 3.8) is 0 Å². The van der Waals surface area contributed by atoms with E-state index in [1.54, 1.807) is 7.11 Å². The number of nitrogens with one attached hydrogen (secondary N) is 1. The van der Waals surface area contributed by atoms with E-state index in [0.29, 0.717) is 23.1 Å². The highest BCUT2D eigenvalue weighted by Crippen LogP contribution is 2.34. The fourth-order valence-electron chi connectivity index (χ4n) is 2.49. The van der Waals surface area contributed by atoms with Gasteiger partial charge in [-0.1, -0.05) is 39.7 Å². The monoisotopic (exact) mass is 441 g/mol. The SMILES string of the molecule is COc1cc(CNCCCCCO)c(Br)cc1OCc1ccc(Cl)cc1. The number of ether oxygens (including phenoxy) is 2. The molecule has 0 fully saturated rings. The van der Waals surface area contributed by atoms with Crippen molar-refractivity contribution >= 4 is 27.5 Å². The number of rotatable bonds is 11. The molecular weight excluding hydrogens is 418 g/mol. The smallest absolute Gasteiger partial charge is 0.162 e. The van der Waals surface area contributed by atoms with Gasteiger partial charge in [0.25, 0.3) is 0 Å². The Balaban J connectivity index is 1.93. The second-order valence-electron chi connectivity index (χ2n) is 5.97. The van der Waals surface area contributed by atoms with Gasteiger partial charge in [-0.05, 0) is 61.2 Å². The van der Waals surface area contributed by atoms with Gasteiger partial charge in [-0.25, -0.2) is 0 Å². The molecule has 0 spiro atoms. The van der Waals surface area contributed by atoms with Crippen molar-refractivity contribution < 1.29 is 14.6 Å². The van der Waals surface area contributed by atoms with Crippen molar-refractivity contribution in [1.82, 2.24) is 5.32 Å². The number of hydrogen-bond donors (Lipinski definition) is 2. The highest BCUT2D eigenvalue weighted by Gasteiger charge is 2.10. The van der Waals surface area contributed by atoms with Crippen LogP contribution in [0.2, 0.25) is 5.02 Å². The molecule has 0 aliphatic rings. The topological polar surface area (TPSA) is 50.7 Å². The van der Waals surface area contributed by atoms with Crippen LogP contribution in [0.25, 0.3) is 0 Å². The van der Waals surface area contributed by atoms with E-state index >= 15 is 0 Å². The van der Waals surface area contributed by atoms with Gasteiger partial charge >= 0.3 is 0 Å². The van der Waals surface area contributed by atoms with Gasteiger partial charge in [0.1, 0.15) is 6.61 Å². The number of methoxy groups -OCH3 is 1. The van der Waals surface area contributed by atoms with Gasteiger partial charge in [0.05, 0.1) is 7.11 Å². The van der Waals surface area contributed by atoms with Gasteiger partial charge in [-0.15, -0.1) is 0 Å². The summed E-state index contributed by atoms with van der Waals surface area (Å²) in [4.78, 5) is 0. The summed E-state index contributed by atoms with van der Waals surface area (Å²) >= 11 is 9.52. The highest BCUT2D eigenvalue weighted by molar-refractivity contribution is 9.10. The predicted molar refractivity (Wildman–Crippen MR) is 109 cm³/mol. The number of halogens is 2. The van der Waals surface area contributed by atoms with E-state index in [4.69, 9.17) is 26.2 Å². The van der Waals surface area contributed by atoms with Crippen molar-refractivity contribution in [2.45, 2.75) is 32.4 Å². The van der Waals surface area contributed by atoms with Gasteiger partial charge in [0, 0.05) is 22.6 Å². The van der Waals surface area contributed by atoms with Crippen molar-refractivity contribution in [3.05, 3.63) is 57.0 Å². The largest absolute Gasteiger partial charge is 0.493 e. The van der Waals surface area contributed by atoms with Crippen LogP contribution in [0.4, 0.5) is 0 Å². The van der Waals surface area contributed by atoms with Crippen molar-refractivity contribution in [3.8, 4) is 11.5 Å². The maximum Gasteiger partial charge on any atom is 0.162 e.